The number of nitrogens with one attached hydrogen (secondary N) is 2. The van der Waals surface area contributed by atoms with Crippen molar-refractivity contribution in [3.8, 4) is 0 Å². The van der Waals surface area contributed by atoms with E-state index in [1.54, 1.807) is 18.2 Å². The van der Waals surface area contributed by atoms with Gasteiger partial charge in [-0.15, -0.1) is 0 Å². The first kappa shape index (κ1) is 22.0. The number of carbonyl (C=O) groups excluding carboxylic acids is 2. The lowest BCUT2D eigenvalue weighted by molar-refractivity contribution is -0.127. The number of likely N-dealkylation sites (tertiary alicyclic amines) is 1. The highest BCUT2D eigenvalue weighted by Gasteiger charge is 2.29. The Morgan fingerprint density at radius 3 is 2.59 bits per heavy atom. The quantitative estimate of drug-likeness (QED) is 0.623. The third-order valence-corrected chi connectivity index (χ3v) is 5.94. The van der Waals surface area contributed by atoms with E-state index in [1.165, 1.54) is 0 Å². The summed E-state index contributed by atoms with van der Waals surface area (Å²) in [4.78, 5) is 26.9. The number of hydrogen-bond donors (Lipinski definition) is 2. The van der Waals surface area contributed by atoms with Crippen LogP contribution >= 0.6 is 23.2 Å². The minimum Gasteiger partial charge on any atom is -0.356 e. The minimum absolute atomic E-state index is 0.0421. The molecule has 1 atom stereocenters. The molecule has 0 aromatic heterocycles. The zero-order chi connectivity index (χ0) is 19.8. The zero-order valence-corrected chi connectivity index (χ0v) is 17.6. The van der Waals surface area contributed by atoms with Gasteiger partial charge in [-0.25, -0.2) is 0 Å². The molecule has 1 aliphatic rings. The molecule has 0 bridgehead atoms. The van der Waals surface area contributed by atoms with Gasteiger partial charge in [0.15, 0.2) is 0 Å². The van der Waals surface area contributed by atoms with Gasteiger partial charge in [-0.1, -0.05) is 49.0 Å². The number of piperidine rings is 1. The summed E-state index contributed by atoms with van der Waals surface area (Å²) in [5.41, 5.74) is 0.516. The SMILES string of the molecule is CCCCCNC(=O)C1CCN(C(C)C(=O)Nc2cccc(Cl)c2Cl)CC1. The van der Waals surface area contributed by atoms with Gasteiger partial charge in [-0.05, 0) is 51.4 Å². The molecule has 1 fully saturated rings. The number of nitrogens with zero attached hydrogens (tertiary/aromatic N) is 1. The lowest BCUT2D eigenvalue weighted by Crippen LogP contribution is -2.48. The maximum absolute atomic E-state index is 12.6. The Labute approximate surface area is 171 Å². The molecule has 0 saturated carbocycles. The van der Waals surface area contributed by atoms with Crippen LogP contribution in [-0.4, -0.2) is 42.4 Å². The molecule has 1 heterocycles. The van der Waals surface area contributed by atoms with Gasteiger partial charge in [0, 0.05) is 12.5 Å². The molecule has 2 N–H and O–H groups in total. The van der Waals surface area contributed by atoms with Crippen LogP contribution in [-0.2, 0) is 9.59 Å². The summed E-state index contributed by atoms with van der Waals surface area (Å²) in [6.07, 6.45) is 4.87. The van der Waals surface area contributed by atoms with Crippen molar-refractivity contribution in [2.75, 3.05) is 25.0 Å². The second-order valence-corrected chi connectivity index (χ2v) is 7.86. The van der Waals surface area contributed by atoms with Crippen molar-refractivity contribution < 1.29 is 9.59 Å². The summed E-state index contributed by atoms with van der Waals surface area (Å²) < 4.78 is 0. The van der Waals surface area contributed by atoms with E-state index in [4.69, 9.17) is 23.2 Å². The fourth-order valence-corrected chi connectivity index (χ4v) is 3.63. The molecule has 0 aliphatic carbocycles. The Kier molecular flexibility index (Phi) is 8.87. The number of benzene rings is 1. The molecule has 27 heavy (non-hydrogen) atoms. The van der Waals surface area contributed by atoms with Gasteiger partial charge in [0.05, 0.1) is 21.8 Å². The molecule has 150 valence electrons. The lowest BCUT2D eigenvalue weighted by Gasteiger charge is -2.34. The maximum atomic E-state index is 12.6. The summed E-state index contributed by atoms with van der Waals surface area (Å²) in [5, 5.41) is 6.64. The van der Waals surface area contributed by atoms with Crippen molar-refractivity contribution in [2.45, 2.75) is 52.0 Å². The normalized spacial score (nSPS) is 16.7. The van der Waals surface area contributed by atoms with Gasteiger partial charge in [-0.3, -0.25) is 14.5 Å². The topological polar surface area (TPSA) is 61.4 Å². The second kappa shape index (κ2) is 10.9. The van der Waals surface area contributed by atoms with Crippen molar-refractivity contribution in [3.05, 3.63) is 28.2 Å². The van der Waals surface area contributed by atoms with Crippen LogP contribution in [0.4, 0.5) is 5.69 Å². The third kappa shape index (κ3) is 6.37. The predicted molar refractivity (Wildman–Crippen MR) is 111 cm³/mol. The average molecular weight is 414 g/mol. The van der Waals surface area contributed by atoms with Crippen molar-refractivity contribution in [3.63, 3.8) is 0 Å². The molecule has 1 aromatic carbocycles. The maximum Gasteiger partial charge on any atom is 0.241 e. The van der Waals surface area contributed by atoms with Crippen LogP contribution in [0.25, 0.3) is 0 Å². The van der Waals surface area contributed by atoms with E-state index in [9.17, 15) is 9.59 Å². The molecule has 2 amide bonds. The molecule has 5 nitrogen and oxygen atoms in total. The Bertz CT molecular complexity index is 646. The molecular weight excluding hydrogens is 385 g/mol. The highest BCUT2D eigenvalue weighted by atomic mass is 35.5. The number of halogens is 2. The largest absolute Gasteiger partial charge is 0.356 e. The molecule has 2 rings (SSSR count). The van der Waals surface area contributed by atoms with Crippen molar-refractivity contribution in [1.82, 2.24) is 10.2 Å². The lowest BCUT2D eigenvalue weighted by atomic mass is 9.95. The summed E-state index contributed by atoms with van der Waals surface area (Å²) in [6.45, 7) is 6.23. The third-order valence-electron chi connectivity index (χ3n) is 5.12. The monoisotopic (exact) mass is 413 g/mol. The van der Waals surface area contributed by atoms with Gasteiger partial charge in [-0.2, -0.15) is 0 Å². The molecule has 0 radical (unpaired) electrons. The van der Waals surface area contributed by atoms with Gasteiger partial charge >= 0.3 is 0 Å². The smallest absolute Gasteiger partial charge is 0.241 e. The van der Waals surface area contributed by atoms with Crippen LogP contribution in [0.15, 0.2) is 18.2 Å². The van der Waals surface area contributed by atoms with Crippen LogP contribution in [0.5, 0.6) is 0 Å². The molecule has 1 aliphatic heterocycles. The van der Waals surface area contributed by atoms with Crippen LogP contribution in [0, 0.1) is 5.92 Å². The second-order valence-electron chi connectivity index (χ2n) is 7.07. The van der Waals surface area contributed by atoms with Crippen LogP contribution in [0.1, 0.15) is 46.0 Å². The van der Waals surface area contributed by atoms with Crippen molar-refractivity contribution >= 4 is 40.7 Å². The molecular formula is C20H29Cl2N3O2. The highest BCUT2D eigenvalue weighted by Crippen LogP contribution is 2.30. The van der Waals surface area contributed by atoms with Gasteiger partial charge in [0.1, 0.15) is 0 Å². The van der Waals surface area contributed by atoms with Gasteiger partial charge in [0.2, 0.25) is 11.8 Å². The average Bonchev–Trinajstić information content (AvgIpc) is 2.68. The zero-order valence-electron chi connectivity index (χ0n) is 16.1. The number of anilines is 1. The summed E-state index contributed by atoms with van der Waals surface area (Å²) >= 11 is 12.1. The highest BCUT2D eigenvalue weighted by molar-refractivity contribution is 6.44. The first-order valence-corrected chi connectivity index (χ1v) is 10.5. The minimum atomic E-state index is -0.298. The number of hydrogen-bond acceptors (Lipinski definition) is 3. The van der Waals surface area contributed by atoms with Crippen molar-refractivity contribution in [1.29, 1.82) is 0 Å². The Hall–Kier alpha value is -1.30. The number of amides is 2. The first-order valence-electron chi connectivity index (χ1n) is 9.70. The van der Waals surface area contributed by atoms with E-state index in [0.717, 1.165) is 51.7 Å². The van der Waals surface area contributed by atoms with E-state index >= 15 is 0 Å². The standard InChI is InChI=1S/C20H29Cl2N3O2/c1-3-4-5-11-23-20(27)15-9-12-25(13-10-15)14(2)19(26)24-17-8-6-7-16(21)18(17)22/h6-8,14-15H,3-5,9-13H2,1-2H3,(H,23,27)(H,24,26). The van der Waals surface area contributed by atoms with Gasteiger partial charge in [0.25, 0.3) is 0 Å². The molecule has 1 aromatic rings. The molecule has 1 unspecified atom stereocenters. The Morgan fingerprint density at radius 2 is 1.93 bits per heavy atom. The summed E-state index contributed by atoms with van der Waals surface area (Å²) in [6, 6.07) is 4.86. The van der Waals surface area contributed by atoms with Crippen LogP contribution in [0.3, 0.4) is 0 Å². The predicted octanol–water partition coefficient (Wildman–Crippen LogP) is 4.34. The van der Waals surface area contributed by atoms with Crippen LogP contribution < -0.4 is 10.6 Å². The van der Waals surface area contributed by atoms with Gasteiger partial charge < -0.3 is 10.6 Å². The fraction of sp³-hybridized carbons (Fsp3) is 0.600. The van der Waals surface area contributed by atoms with Crippen molar-refractivity contribution in [2.24, 2.45) is 5.92 Å². The molecule has 0 spiro atoms. The Balaban J connectivity index is 1.80. The number of carbonyl (C=O) groups is 2. The molecule has 1 saturated heterocycles. The van der Waals surface area contributed by atoms with E-state index < -0.39 is 0 Å². The van der Waals surface area contributed by atoms with E-state index in [1.807, 2.05) is 6.92 Å². The number of rotatable bonds is 8. The first-order chi connectivity index (χ1) is 12.9. The Morgan fingerprint density at radius 1 is 1.22 bits per heavy atom. The fourth-order valence-electron chi connectivity index (χ4n) is 3.28. The van der Waals surface area contributed by atoms with Crippen LogP contribution in [0.2, 0.25) is 10.0 Å². The number of unbranched alkanes of at least 4 members (excludes halogenated alkanes) is 2. The summed E-state index contributed by atoms with van der Waals surface area (Å²) in [7, 11) is 0. The van der Waals surface area contributed by atoms with E-state index in [0.29, 0.717) is 15.7 Å². The summed E-state index contributed by atoms with van der Waals surface area (Å²) in [5.74, 6) is 0.0655. The molecule has 7 heteroatoms. The van der Waals surface area contributed by atoms with E-state index in [2.05, 4.69) is 22.5 Å². The van der Waals surface area contributed by atoms with E-state index in [-0.39, 0.29) is 23.8 Å².